The SMILES string of the molecule is COc1c(I)cc(C(F)F)nc1C(N)=O. The van der Waals surface area contributed by atoms with Crippen molar-refractivity contribution in [3.63, 3.8) is 0 Å². The summed E-state index contributed by atoms with van der Waals surface area (Å²) in [4.78, 5) is 14.4. The summed E-state index contributed by atoms with van der Waals surface area (Å²) in [5.41, 5.74) is 4.23. The van der Waals surface area contributed by atoms with Crippen LogP contribution in [-0.4, -0.2) is 18.0 Å². The molecule has 0 aliphatic heterocycles. The van der Waals surface area contributed by atoms with Crippen LogP contribution in [0.2, 0.25) is 0 Å². The molecule has 2 N–H and O–H groups in total. The molecular formula is C8H7F2IN2O2. The van der Waals surface area contributed by atoms with E-state index < -0.39 is 18.0 Å². The summed E-state index contributed by atoms with van der Waals surface area (Å²) in [6.07, 6.45) is -2.75. The fraction of sp³-hybridized carbons (Fsp3) is 0.250. The summed E-state index contributed by atoms with van der Waals surface area (Å²) < 4.78 is 30.0. The van der Waals surface area contributed by atoms with E-state index in [1.54, 1.807) is 22.6 Å². The third-order valence-electron chi connectivity index (χ3n) is 1.61. The predicted octanol–water partition coefficient (Wildman–Crippen LogP) is 1.73. The van der Waals surface area contributed by atoms with Gasteiger partial charge in [0.2, 0.25) is 0 Å². The van der Waals surface area contributed by atoms with Crippen LogP contribution in [0.15, 0.2) is 6.07 Å². The number of halogens is 3. The van der Waals surface area contributed by atoms with Crippen LogP contribution in [0.5, 0.6) is 5.75 Å². The van der Waals surface area contributed by atoms with Gasteiger partial charge in [0.25, 0.3) is 12.3 Å². The van der Waals surface area contributed by atoms with Crippen LogP contribution in [0.1, 0.15) is 22.6 Å². The number of methoxy groups -OCH3 is 1. The minimum atomic E-state index is -2.75. The minimum absolute atomic E-state index is 0.118. The van der Waals surface area contributed by atoms with Crippen molar-refractivity contribution in [2.45, 2.75) is 6.43 Å². The molecule has 0 radical (unpaired) electrons. The lowest BCUT2D eigenvalue weighted by Gasteiger charge is -2.09. The fourth-order valence-electron chi connectivity index (χ4n) is 0.994. The number of pyridine rings is 1. The topological polar surface area (TPSA) is 65.2 Å². The van der Waals surface area contributed by atoms with E-state index in [2.05, 4.69) is 4.98 Å². The van der Waals surface area contributed by atoms with Gasteiger partial charge in [-0.1, -0.05) is 0 Å². The number of hydrogen-bond donors (Lipinski definition) is 1. The number of hydrogen-bond acceptors (Lipinski definition) is 3. The largest absolute Gasteiger partial charge is 0.493 e. The highest BCUT2D eigenvalue weighted by molar-refractivity contribution is 14.1. The molecule has 7 heteroatoms. The lowest BCUT2D eigenvalue weighted by molar-refractivity contribution is 0.0989. The summed E-state index contributed by atoms with van der Waals surface area (Å²) in [5, 5.41) is 0. The molecule has 0 fully saturated rings. The van der Waals surface area contributed by atoms with E-state index in [0.29, 0.717) is 3.57 Å². The Morgan fingerprint density at radius 1 is 1.67 bits per heavy atom. The zero-order chi connectivity index (χ0) is 11.6. The van der Waals surface area contributed by atoms with E-state index in [9.17, 15) is 13.6 Å². The smallest absolute Gasteiger partial charge is 0.280 e. The van der Waals surface area contributed by atoms with Crippen molar-refractivity contribution < 1.29 is 18.3 Å². The van der Waals surface area contributed by atoms with E-state index in [1.807, 2.05) is 0 Å². The van der Waals surface area contributed by atoms with Crippen LogP contribution < -0.4 is 10.5 Å². The summed E-state index contributed by atoms with van der Waals surface area (Å²) in [5.74, 6) is -0.778. The number of aromatic nitrogens is 1. The number of nitrogens with zero attached hydrogens (tertiary/aromatic N) is 1. The minimum Gasteiger partial charge on any atom is -0.493 e. The van der Waals surface area contributed by atoms with Gasteiger partial charge in [-0.25, -0.2) is 13.8 Å². The second-order valence-electron chi connectivity index (χ2n) is 2.58. The standard InChI is InChI=1S/C8H7F2IN2O2/c1-15-6-3(11)2-4(7(9)10)13-5(6)8(12)14/h2,7H,1H3,(H2,12,14). The zero-order valence-corrected chi connectivity index (χ0v) is 9.79. The van der Waals surface area contributed by atoms with Gasteiger partial charge in [-0.3, -0.25) is 4.79 Å². The predicted molar refractivity (Wildman–Crippen MR) is 57.0 cm³/mol. The molecule has 1 aromatic heterocycles. The number of carbonyl (C=O) groups excluding carboxylic acids is 1. The lowest BCUT2D eigenvalue weighted by Crippen LogP contribution is -2.16. The molecule has 0 spiro atoms. The van der Waals surface area contributed by atoms with Crippen molar-refractivity contribution >= 4 is 28.5 Å². The van der Waals surface area contributed by atoms with Crippen molar-refractivity contribution in [2.75, 3.05) is 7.11 Å². The van der Waals surface area contributed by atoms with Crippen LogP contribution in [0.4, 0.5) is 8.78 Å². The van der Waals surface area contributed by atoms with Crippen LogP contribution in [0.3, 0.4) is 0 Å². The number of amides is 1. The van der Waals surface area contributed by atoms with Crippen molar-refractivity contribution in [1.82, 2.24) is 4.98 Å². The molecule has 1 heterocycles. The van der Waals surface area contributed by atoms with Gasteiger partial charge < -0.3 is 10.5 Å². The number of alkyl halides is 2. The van der Waals surface area contributed by atoms with E-state index >= 15 is 0 Å². The van der Waals surface area contributed by atoms with Gasteiger partial charge in [-0.15, -0.1) is 0 Å². The van der Waals surface area contributed by atoms with E-state index in [-0.39, 0.29) is 11.4 Å². The number of ether oxygens (including phenoxy) is 1. The molecule has 0 atom stereocenters. The Hall–Kier alpha value is -0.990. The quantitative estimate of drug-likeness (QED) is 0.860. The van der Waals surface area contributed by atoms with Gasteiger partial charge in [-0.05, 0) is 28.7 Å². The average molecular weight is 328 g/mol. The third kappa shape index (κ3) is 2.52. The monoisotopic (exact) mass is 328 g/mol. The molecule has 0 aliphatic carbocycles. The van der Waals surface area contributed by atoms with Crippen molar-refractivity contribution in [3.05, 3.63) is 21.0 Å². The van der Waals surface area contributed by atoms with E-state index in [4.69, 9.17) is 10.5 Å². The van der Waals surface area contributed by atoms with Gasteiger partial charge >= 0.3 is 0 Å². The Kier molecular flexibility index (Phi) is 3.77. The first kappa shape index (κ1) is 12.1. The van der Waals surface area contributed by atoms with Gasteiger partial charge in [0, 0.05) is 0 Å². The molecule has 0 bridgehead atoms. The highest BCUT2D eigenvalue weighted by atomic mass is 127. The molecule has 0 saturated carbocycles. The number of rotatable bonds is 3. The molecular weight excluding hydrogens is 321 g/mol. The first-order valence-electron chi connectivity index (χ1n) is 3.79. The van der Waals surface area contributed by atoms with Crippen LogP contribution >= 0.6 is 22.6 Å². The van der Waals surface area contributed by atoms with Crippen LogP contribution in [0.25, 0.3) is 0 Å². The summed E-state index contributed by atoms with van der Waals surface area (Å²) in [6, 6.07) is 1.15. The number of carbonyl (C=O) groups is 1. The van der Waals surface area contributed by atoms with Gasteiger partial charge in [0.15, 0.2) is 11.4 Å². The second-order valence-corrected chi connectivity index (χ2v) is 3.74. The lowest BCUT2D eigenvalue weighted by atomic mass is 10.2. The van der Waals surface area contributed by atoms with Gasteiger partial charge in [-0.2, -0.15) is 0 Å². The molecule has 1 amide bonds. The molecule has 1 rings (SSSR count). The molecule has 0 saturated heterocycles. The second kappa shape index (κ2) is 4.69. The van der Waals surface area contributed by atoms with Crippen LogP contribution in [-0.2, 0) is 0 Å². The van der Waals surface area contributed by atoms with E-state index in [0.717, 1.165) is 6.07 Å². The number of nitrogens with two attached hydrogens (primary N) is 1. The Labute approximate surface area is 98.0 Å². The Bertz CT molecular complexity index is 398. The van der Waals surface area contributed by atoms with Crippen molar-refractivity contribution in [1.29, 1.82) is 0 Å². The maximum Gasteiger partial charge on any atom is 0.280 e. The summed E-state index contributed by atoms with van der Waals surface area (Å²) >= 11 is 1.77. The highest BCUT2D eigenvalue weighted by Gasteiger charge is 2.19. The molecule has 1 aromatic rings. The van der Waals surface area contributed by atoms with Crippen molar-refractivity contribution in [3.8, 4) is 5.75 Å². The fourth-order valence-corrected chi connectivity index (χ4v) is 1.79. The maximum atomic E-state index is 12.4. The molecule has 0 aliphatic rings. The Balaban J connectivity index is 3.38. The molecule has 4 nitrogen and oxygen atoms in total. The zero-order valence-electron chi connectivity index (χ0n) is 7.63. The third-order valence-corrected chi connectivity index (χ3v) is 2.41. The molecule has 15 heavy (non-hydrogen) atoms. The van der Waals surface area contributed by atoms with Crippen LogP contribution in [0, 0.1) is 3.57 Å². The molecule has 0 aromatic carbocycles. The Morgan fingerprint density at radius 2 is 2.27 bits per heavy atom. The molecule has 82 valence electrons. The maximum absolute atomic E-state index is 12.4. The summed E-state index contributed by atoms with van der Waals surface area (Å²) in [7, 11) is 1.31. The van der Waals surface area contributed by atoms with Crippen molar-refractivity contribution in [2.24, 2.45) is 5.73 Å². The first-order chi connectivity index (χ1) is 6.97. The van der Waals surface area contributed by atoms with E-state index in [1.165, 1.54) is 7.11 Å². The first-order valence-corrected chi connectivity index (χ1v) is 4.87. The average Bonchev–Trinajstić information content (AvgIpc) is 2.16. The number of primary amides is 1. The van der Waals surface area contributed by atoms with Gasteiger partial charge in [0.1, 0.15) is 5.69 Å². The molecule has 0 unspecified atom stereocenters. The Morgan fingerprint density at radius 3 is 2.67 bits per heavy atom. The van der Waals surface area contributed by atoms with Gasteiger partial charge in [0.05, 0.1) is 10.7 Å². The highest BCUT2D eigenvalue weighted by Crippen LogP contribution is 2.28. The summed E-state index contributed by atoms with van der Waals surface area (Å²) in [6.45, 7) is 0. The normalized spacial score (nSPS) is 10.5.